The lowest BCUT2D eigenvalue weighted by Gasteiger charge is -2.15. The zero-order valence-corrected chi connectivity index (χ0v) is 9.89. The zero-order valence-electron chi connectivity index (χ0n) is 9.89. The summed E-state index contributed by atoms with van der Waals surface area (Å²) >= 11 is 0. The fourth-order valence-electron chi connectivity index (χ4n) is 1.28. The number of nitrogens with zero attached hydrogens (tertiary/aromatic N) is 1. The summed E-state index contributed by atoms with van der Waals surface area (Å²) in [6.45, 7) is 1.54. The molecule has 17 heavy (non-hydrogen) atoms. The topological polar surface area (TPSA) is 68.5 Å². The Balaban J connectivity index is 3.04. The summed E-state index contributed by atoms with van der Waals surface area (Å²) in [5.41, 5.74) is 0.306. The summed E-state index contributed by atoms with van der Waals surface area (Å²) in [5.74, 6) is 0.134. The molecule has 0 aliphatic heterocycles. The van der Waals surface area contributed by atoms with Crippen molar-refractivity contribution in [3.8, 4) is 17.6 Å². The van der Waals surface area contributed by atoms with E-state index in [1.807, 2.05) is 6.07 Å². The molecule has 5 nitrogen and oxygen atoms in total. The van der Waals surface area contributed by atoms with E-state index in [9.17, 15) is 4.79 Å². The second-order valence-corrected chi connectivity index (χ2v) is 3.23. The molecular weight excluding hydrogens is 222 g/mol. The molecule has 5 heteroatoms. The van der Waals surface area contributed by atoms with Gasteiger partial charge in [-0.15, -0.1) is 0 Å². The number of esters is 1. The first-order valence-corrected chi connectivity index (χ1v) is 4.95. The van der Waals surface area contributed by atoms with Crippen LogP contribution in [0.1, 0.15) is 12.5 Å². The fraction of sp³-hybridized carbons (Fsp3) is 0.333. The Kier molecular flexibility index (Phi) is 4.35. The highest BCUT2D eigenvalue weighted by Gasteiger charge is 2.19. The molecule has 0 aliphatic rings. The third kappa shape index (κ3) is 2.88. The fourth-order valence-corrected chi connectivity index (χ4v) is 1.28. The molecule has 1 atom stereocenters. The standard InChI is InChI=1S/C12H13NO4/c1-8(12(14)16-3)17-11-9(7-13)5-4-6-10(11)15-2/h4-6,8H,1-3H3. The molecule has 0 saturated carbocycles. The maximum absolute atomic E-state index is 11.2. The minimum absolute atomic E-state index is 0.246. The molecular formula is C12H13NO4. The van der Waals surface area contributed by atoms with Gasteiger partial charge in [0.15, 0.2) is 17.6 Å². The average Bonchev–Trinajstić information content (AvgIpc) is 2.37. The quantitative estimate of drug-likeness (QED) is 0.740. The minimum atomic E-state index is -0.802. The molecule has 0 bridgehead atoms. The number of methoxy groups -OCH3 is 2. The third-order valence-electron chi connectivity index (χ3n) is 2.15. The Morgan fingerprint density at radius 1 is 1.41 bits per heavy atom. The number of carbonyl (C=O) groups excluding carboxylic acids is 1. The van der Waals surface area contributed by atoms with Crippen LogP contribution in [0, 0.1) is 11.3 Å². The number of ether oxygens (including phenoxy) is 3. The summed E-state index contributed by atoms with van der Waals surface area (Å²) in [5, 5.41) is 8.95. The Morgan fingerprint density at radius 3 is 2.65 bits per heavy atom. The lowest BCUT2D eigenvalue weighted by atomic mass is 10.2. The van der Waals surface area contributed by atoms with Gasteiger partial charge >= 0.3 is 5.97 Å². The summed E-state index contributed by atoms with van der Waals surface area (Å²) < 4.78 is 15.0. The molecule has 0 spiro atoms. The van der Waals surface area contributed by atoms with Crippen molar-refractivity contribution in [1.82, 2.24) is 0 Å². The first-order valence-electron chi connectivity index (χ1n) is 4.95. The van der Waals surface area contributed by atoms with Gasteiger partial charge in [0.25, 0.3) is 0 Å². The summed E-state index contributed by atoms with van der Waals surface area (Å²) in [6.07, 6.45) is -0.802. The number of hydrogen-bond acceptors (Lipinski definition) is 5. The van der Waals surface area contributed by atoms with Gasteiger partial charge in [-0.05, 0) is 19.1 Å². The van der Waals surface area contributed by atoms with Gasteiger partial charge in [-0.25, -0.2) is 4.79 Å². The molecule has 0 aromatic heterocycles. The second kappa shape index (κ2) is 5.75. The second-order valence-electron chi connectivity index (χ2n) is 3.23. The first-order chi connectivity index (χ1) is 8.13. The highest BCUT2D eigenvalue weighted by atomic mass is 16.6. The molecule has 1 aromatic rings. The van der Waals surface area contributed by atoms with Crippen LogP contribution in [0.15, 0.2) is 18.2 Å². The van der Waals surface area contributed by atoms with Crippen molar-refractivity contribution >= 4 is 5.97 Å². The SMILES string of the molecule is COC(=O)C(C)Oc1c(C#N)cccc1OC. The molecule has 0 amide bonds. The monoisotopic (exact) mass is 235 g/mol. The number of rotatable bonds is 4. The third-order valence-corrected chi connectivity index (χ3v) is 2.15. The van der Waals surface area contributed by atoms with E-state index in [1.165, 1.54) is 14.2 Å². The highest BCUT2D eigenvalue weighted by Crippen LogP contribution is 2.31. The zero-order chi connectivity index (χ0) is 12.8. The van der Waals surface area contributed by atoms with Crippen molar-refractivity contribution < 1.29 is 19.0 Å². The van der Waals surface area contributed by atoms with E-state index in [0.717, 1.165) is 0 Å². The number of carbonyl (C=O) groups is 1. The molecule has 0 N–H and O–H groups in total. The summed E-state index contributed by atoms with van der Waals surface area (Å²) in [4.78, 5) is 11.2. The van der Waals surface area contributed by atoms with E-state index in [0.29, 0.717) is 11.3 Å². The van der Waals surface area contributed by atoms with Crippen LogP contribution in [-0.2, 0) is 9.53 Å². The van der Waals surface area contributed by atoms with Gasteiger partial charge in [0.1, 0.15) is 6.07 Å². The maximum Gasteiger partial charge on any atom is 0.346 e. The van der Waals surface area contributed by atoms with Gasteiger partial charge < -0.3 is 14.2 Å². The van der Waals surface area contributed by atoms with Crippen molar-refractivity contribution in [2.75, 3.05) is 14.2 Å². The largest absolute Gasteiger partial charge is 0.493 e. The molecule has 90 valence electrons. The van der Waals surface area contributed by atoms with E-state index < -0.39 is 12.1 Å². The van der Waals surface area contributed by atoms with Crippen molar-refractivity contribution in [1.29, 1.82) is 5.26 Å². The maximum atomic E-state index is 11.2. The van der Waals surface area contributed by atoms with Crippen LogP contribution in [0.25, 0.3) is 0 Å². The van der Waals surface area contributed by atoms with Gasteiger partial charge in [0.2, 0.25) is 0 Å². The van der Waals surface area contributed by atoms with Crippen molar-refractivity contribution in [2.45, 2.75) is 13.0 Å². The number of nitriles is 1. The number of para-hydroxylation sites is 1. The smallest absolute Gasteiger partial charge is 0.346 e. The lowest BCUT2D eigenvalue weighted by molar-refractivity contribution is -0.147. The van der Waals surface area contributed by atoms with Crippen molar-refractivity contribution in [3.63, 3.8) is 0 Å². The molecule has 1 rings (SSSR count). The Hall–Kier alpha value is -2.22. The van der Waals surface area contributed by atoms with Crippen molar-refractivity contribution in [2.24, 2.45) is 0 Å². The Bertz CT molecular complexity index is 450. The van der Waals surface area contributed by atoms with E-state index in [1.54, 1.807) is 25.1 Å². The molecule has 0 radical (unpaired) electrons. The lowest BCUT2D eigenvalue weighted by Crippen LogP contribution is -2.25. The van der Waals surface area contributed by atoms with Crippen LogP contribution in [-0.4, -0.2) is 26.3 Å². The van der Waals surface area contributed by atoms with E-state index in [-0.39, 0.29) is 5.75 Å². The average molecular weight is 235 g/mol. The first kappa shape index (κ1) is 12.8. The highest BCUT2D eigenvalue weighted by molar-refractivity contribution is 5.74. The van der Waals surface area contributed by atoms with E-state index in [2.05, 4.69) is 4.74 Å². The Morgan fingerprint density at radius 2 is 2.12 bits per heavy atom. The van der Waals surface area contributed by atoms with Crippen LogP contribution in [0.4, 0.5) is 0 Å². The summed E-state index contributed by atoms with van der Waals surface area (Å²) in [7, 11) is 2.74. The van der Waals surface area contributed by atoms with Gasteiger partial charge in [-0.1, -0.05) is 6.07 Å². The van der Waals surface area contributed by atoms with Gasteiger partial charge in [-0.3, -0.25) is 0 Å². The van der Waals surface area contributed by atoms with Gasteiger partial charge in [-0.2, -0.15) is 5.26 Å². The van der Waals surface area contributed by atoms with Crippen LogP contribution in [0.2, 0.25) is 0 Å². The van der Waals surface area contributed by atoms with E-state index in [4.69, 9.17) is 14.7 Å². The van der Waals surface area contributed by atoms with Gasteiger partial charge in [0.05, 0.1) is 19.8 Å². The number of benzene rings is 1. The molecule has 0 aliphatic carbocycles. The predicted octanol–water partition coefficient (Wildman–Crippen LogP) is 1.51. The van der Waals surface area contributed by atoms with Crippen molar-refractivity contribution in [3.05, 3.63) is 23.8 Å². The molecule has 0 fully saturated rings. The normalized spacial score (nSPS) is 11.2. The van der Waals surface area contributed by atoms with E-state index >= 15 is 0 Å². The summed E-state index contributed by atoms with van der Waals surface area (Å²) in [6, 6.07) is 6.89. The molecule has 0 heterocycles. The molecule has 1 aromatic carbocycles. The molecule has 0 saturated heterocycles. The van der Waals surface area contributed by atoms with Gasteiger partial charge in [0, 0.05) is 0 Å². The Labute approximate surface area is 99.5 Å². The van der Waals surface area contributed by atoms with Crippen LogP contribution in [0.3, 0.4) is 0 Å². The van der Waals surface area contributed by atoms with Crippen LogP contribution < -0.4 is 9.47 Å². The molecule has 1 unspecified atom stereocenters. The number of hydrogen-bond donors (Lipinski definition) is 0. The minimum Gasteiger partial charge on any atom is -0.493 e. The van der Waals surface area contributed by atoms with Crippen LogP contribution >= 0.6 is 0 Å². The predicted molar refractivity (Wildman–Crippen MR) is 59.8 cm³/mol. The van der Waals surface area contributed by atoms with Crippen LogP contribution in [0.5, 0.6) is 11.5 Å².